The Morgan fingerprint density at radius 1 is 1.28 bits per heavy atom. The highest BCUT2D eigenvalue weighted by atomic mass is 16.5. The van der Waals surface area contributed by atoms with Gasteiger partial charge in [0.25, 0.3) is 0 Å². The van der Waals surface area contributed by atoms with E-state index in [2.05, 4.69) is 11.2 Å². The third-order valence-electron chi connectivity index (χ3n) is 7.07. The lowest BCUT2D eigenvalue weighted by Gasteiger charge is -2.58. The summed E-state index contributed by atoms with van der Waals surface area (Å²) >= 11 is 0. The van der Waals surface area contributed by atoms with Gasteiger partial charge < -0.3 is 9.84 Å². The number of esters is 1. The maximum absolute atomic E-state index is 13.2. The summed E-state index contributed by atoms with van der Waals surface area (Å²) in [7, 11) is 0. The van der Waals surface area contributed by atoms with Gasteiger partial charge in [-0.3, -0.25) is 4.79 Å². The van der Waals surface area contributed by atoms with Crippen LogP contribution in [-0.2, 0) is 16.1 Å². The van der Waals surface area contributed by atoms with Gasteiger partial charge in [-0.05, 0) is 69.4 Å². The molecule has 6 heteroatoms. The maximum atomic E-state index is 13.2. The number of rotatable bonds is 4. The summed E-state index contributed by atoms with van der Waals surface area (Å²) in [6.45, 7) is 1.80. The molecule has 4 aliphatic rings. The smallest absolute Gasteiger partial charge is 0.312 e. The van der Waals surface area contributed by atoms with Crippen molar-refractivity contribution in [1.29, 1.82) is 5.26 Å². The molecule has 2 atom stereocenters. The van der Waals surface area contributed by atoms with E-state index in [9.17, 15) is 15.2 Å². The van der Waals surface area contributed by atoms with E-state index in [1.165, 1.54) is 0 Å². The molecule has 0 radical (unpaired) electrons. The first kappa shape index (κ1) is 18.4. The molecule has 29 heavy (non-hydrogen) atoms. The van der Waals surface area contributed by atoms with Gasteiger partial charge in [0, 0.05) is 0 Å². The SMILES string of the molecule is Cc1nn(-c2ccccc2)c(COC(=O)C23CC4CC(CC(O)(C4)C2)C3)c1C#N. The Balaban J connectivity index is 1.41. The van der Waals surface area contributed by atoms with Gasteiger partial charge in [0.2, 0.25) is 0 Å². The van der Waals surface area contributed by atoms with Crippen molar-refractivity contribution in [3.8, 4) is 11.8 Å². The number of aromatic nitrogens is 2. The Bertz CT molecular complexity index is 990. The van der Waals surface area contributed by atoms with Gasteiger partial charge in [-0.15, -0.1) is 0 Å². The van der Waals surface area contributed by atoms with Crippen molar-refractivity contribution in [2.45, 2.75) is 57.7 Å². The molecular formula is C23H25N3O3. The topological polar surface area (TPSA) is 88.1 Å². The summed E-state index contributed by atoms with van der Waals surface area (Å²) in [5.74, 6) is 0.605. The molecule has 1 aromatic carbocycles. The summed E-state index contributed by atoms with van der Waals surface area (Å²) in [5.41, 5.74) is 1.21. The van der Waals surface area contributed by atoms with E-state index in [0.717, 1.165) is 37.8 Å². The third-order valence-corrected chi connectivity index (χ3v) is 7.07. The van der Waals surface area contributed by atoms with Crippen LogP contribution < -0.4 is 0 Å². The molecule has 4 fully saturated rings. The molecule has 1 N–H and O–H groups in total. The van der Waals surface area contributed by atoms with E-state index in [0.29, 0.717) is 35.2 Å². The summed E-state index contributed by atoms with van der Waals surface area (Å²) in [6.07, 6.45) is 4.89. The van der Waals surface area contributed by atoms with Crippen LogP contribution in [0.15, 0.2) is 30.3 Å². The van der Waals surface area contributed by atoms with E-state index >= 15 is 0 Å². The van der Waals surface area contributed by atoms with Gasteiger partial charge in [0.05, 0.1) is 28.1 Å². The van der Waals surface area contributed by atoms with Crippen LogP contribution in [0.25, 0.3) is 5.69 Å². The van der Waals surface area contributed by atoms with Crippen LogP contribution in [0.2, 0.25) is 0 Å². The Morgan fingerprint density at radius 2 is 1.97 bits per heavy atom. The number of nitrogens with zero attached hydrogens (tertiary/aromatic N) is 3. The Labute approximate surface area is 170 Å². The molecule has 1 heterocycles. The number of aryl methyl sites for hydroxylation is 1. The average Bonchev–Trinajstić information content (AvgIpc) is 3.00. The van der Waals surface area contributed by atoms with Gasteiger partial charge in [-0.2, -0.15) is 10.4 Å². The number of ether oxygens (including phenoxy) is 1. The number of carbonyl (C=O) groups excluding carboxylic acids is 1. The first-order chi connectivity index (χ1) is 13.9. The number of para-hydroxylation sites is 1. The Kier molecular flexibility index (Phi) is 4.08. The van der Waals surface area contributed by atoms with Crippen molar-refractivity contribution in [2.75, 3.05) is 0 Å². The largest absolute Gasteiger partial charge is 0.459 e. The highest BCUT2D eigenvalue weighted by Crippen LogP contribution is 2.62. The zero-order chi connectivity index (χ0) is 20.2. The fourth-order valence-electron chi connectivity index (χ4n) is 6.38. The molecule has 4 bridgehead atoms. The molecule has 0 saturated heterocycles. The molecule has 2 unspecified atom stereocenters. The van der Waals surface area contributed by atoms with Crippen molar-refractivity contribution in [2.24, 2.45) is 17.3 Å². The molecule has 6 nitrogen and oxygen atoms in total. The number of aliphatic hydroxyl groups is 1. The summed E-state index contributed by atoms with van der Waals surface area (Å²) < 4.78 is 7.50. The van der Waals surface area contributed by atoms with Crippen molar-refractivity contribution < 1.29 is 14.6 Å². The van der Waals surface area contributed by atoms with E-state index in [1.807, 2.05) is 30.3 Å². The number of hydrogen-bond donors (Lipinski definition) is 1. The van der Waals surface area contributed by atoms with Crippen LogP contribution in [0, 0.1) is 35.5 Å². The monoisotopic (exact) mass is 391 g/mol. The van der Waals surface area contributed by atoms with E-state index in [4.69, 9.17) is 4.74 Å². The summed E-state index contributed by atoms with van der Waals surface area (Å²) in [4.78, 5) is 13.2. The van der Waals surface area contributed by atoms with Crippen LogP contribution in [-0.4, -0.2) is 26.5 Å². The zero-order valence-corrected chi connectivity index (χ0v) is 16.6. The number of nitriles is 1. The molecule has 1 aromatic heterocycles. The standard InChI is InChI=1S/C23H25N3O3/c1-15-19(12-24)20(26(25-15)18-5-3-2-4-6-18)13-29-21(27)22-8-16-7-17(9-22)11-23(28,10-16)14-22/h2-6,16-17,28H,7-11,13-14H2,1H3. The first-order valence-electron chi connectivity index (χ1n) is 10.4. The molecule has 4 aliphatic carbocycles. The lowest BCUT2D eigenvalue weighted by molar-refractivity contribution is -0.197. The number of benzene rings is 1. The quantitative estimate of drug-likeness (QED) is 0.807. The normalized spacial score (nSPS) is 32.2. The fraction of sp³-hybridized carbons (Fsp3) is 0.522. The van der Waals surface area contributed by atoms with Crippen LogP contribution in [0.3, 0.4) is 0 Å². The summed E-state index contributed by atoms with van der Waals surface area (Å²) in [6, 6.07) is 11.8. The predicted octanol–water partition coefficient (Wildman–Crippen LogP) is 3.43. The second kappa shape index (κ2) is 6.43. The van der Waals surface area contributed by atoms with Gasteiger partial charge in [-0.25, -0.2) is 4.68 Å². The van der Waals surface area contributed by atoms with Crippen molar-refractivity contribution in [3.63, 3.8) is 0 Å². The number of hydrogen-bond acceptors (Lipinski definition) is 5. The van der Waals surface area contributed by atoms with Crippen LogP contribution in [0.4, 0.5) is 0 Å². The number of carbonyl (C=O) groups is 1. The zero-order valence-electron chi connectivity index (χ0n) is 16.6. The minimum Gasteiger partial charge on any atom is -0.459 e. The third kappa shape index (κ3) is 2.96. The molecule has 4 saturated carbocycles. The molecule has 0 amide bonds. The predicted molar refractivity (Wildman–Crippen MR) is 105 cm³/mol. The van der Waals surface area contributed by atoms with Crippen molar-refractivity contribution in [3.05, 3.63) is 47.3 Å². The van der Waals surface area contributed by atoms with Gasteiger partial charge in [-0.1, -0.05) is 18.2 Å². The second-order valence-corrected chi connectivity index (χ2v) is 9.31. The van der Waals surface area contributed by atoms with Crippen LogP contribution >= 0.6 is 0 Å². The van der Waals surface area contributed by atoms with Crippen LogP contribution in [0.5, 0.6) is 0 Å². The molecule has 2 aromatic rings. The lowest BCUT2D eigenvalue weighted by atomic mass is 9.48. The Hall–Kier alpha value is -2.65. The maximum Gasteiger partial charge on any atom is 0.312 e. The second-order valence-electron chi connectivity index (χ2n) is 9.31. The molecule has 0 aliphatic heterocycles. The lowest BCUT2D eigenvalue weighted by Crippen LogP contribution is -2.58. The fourth-order valence-corrected chi connectivity index (χ4v) is 6.38. The van der Waals surface area contributed by atoms with Crippen molar-refractivity contribution >= 4 is 5.97 Å². The first-order valence-corrected chi connectivity index (χ1v) is 10.4. The average molecular weight is 391 g/mol. The highest BCUT2D eigenvalue weighted by molar-refractivity contribution is 5.78. The molecule has 6 rings (SSSR count). The van der Waals surface area contributed by atoms with Gasteiger partial charge >= 0.3 is 5.97 Å². The minimum atomic E-state index is -0.705. The van der Waals surface area contributed by atoms with Gasteiger partial charge in [0.1, 0.15) is 18.2 Å². The van der Waals surface area contributed by atoms with E-state index < -0.39 is 11.0 Å². The highest BCUT2D eigenvalue weighted by Gasteiger charge is 2.60. The van der Waals surface area contributed by atoms with Crippen molar-refractivity contribution in [1.82, 2.24) is 9.78 Å². The minimum absolute atomic E-state index is 0.00692. The molecule has 150 valence electrons. The molecular weight excluding hydrogens is 366 g/mol. The van der Waals surface area contributed by atoms with E-state index in [1.54, 1.807) is 11.6 Å². The van der Waals surface area contributed by atoms with E-state index in [-0.39, 0.29) is 12.6 Å². The van der Waals surface area contributed by atoms with Gasteiger partial charge in [0.15, 0.2) is 0 Å². The Morgan fingerprint density at radius 3 is 2.59 bits per heavy atom. The van der Waals surface area contributed by atoms with Crippen LogP contribution in [0.1, 0.15) is 55.5 Å². The summed E-state index contributed by atoms with van der Waals surface area (Å²) in [5, 5.41) is 25.0. The molecule has 0 spiro atoms.